The van der Waals surface area contributed by atoms with Crippen LogP contribution in [0.15, 0.2) is 40.9 Å². The van der Waals surface area contributed by atoms with Crippen LogP contribution in [0.25, 0.3) is 0 Å². The van der Waals surface area contributed by atoms with Crippen molar-refractivity contribution >= 4 is 15.9 Å². The van der Waals surface area contributed by atoms with Crippen molar-refractivity contribution in [1.29, 1.82) is 0 Å². The lowest BCUT2D eigenvalue weighted by Crippen LogP contribution is -2.19. The minimum absolute atomic E-state index is 0.248. The minimum atomic E-state index is -0.606. The van der Waals surface area contributed by atoms with Gasteiger partial charge in [-0.25, -0.2) is 4.39 Å². The quantitative estimate of drug-likeness (QED) is 0.833. The Morgan fingerprint density at radius 2 is 2.05 bits per heavy atom. The van der Waals surface area contributed by atoms with E-state index in [1.807, 2.05) is 24.3 Å². The van der Waals surface area contributed by atoms with E-state index in [9.17, 15) is 9.50 Å². The zero-order chi connectivity index (χ0) is 14.3. The van der Waals surface area contributed by atoms with Gasteiger partial charge in [-0.3, -0.25) is 0 Å². The fraction of sp³-hybridized carbons (Fsp3) is 0.250. The maximum absolute atomic E-state index is 13.7. The summed E-state index contributed by atoms with van der Waals surface area (Å²) < 4.78 is 20.4. The van der Waals surface area contributed by atoms with Gasteiger partial charge in [-0.1, -0.05) is 28.1 Å². The Bertz CT molecular complexity index is 657. The van der Waals surface area contributed by atoms with Crippen LogP contribution in [0.2, 0.25) is 0 Å². The Hall–Kier alpha value is -1.39. The number of halogens is 2. The molecule has 0 amide bonds. The zero-order valence-electron chi connectivity index (χ0n) is 10.9. The molecule has 0 fully saturated rings. The van der Waals surface area contributed by atoms with Gasteiger partial charge in [-0.05, 0) is 42.3 Å². The number of hydrogen-bond acceptors (Lipinski definition) is 2. The molecule has 104 valence electrons. The maximum Gasteiger partial charge on any atom is 0.127 e. The van der Waals surface area contributed by atoms with Crippen molar-refractivity contribution in [3.63, 3.8) is 0 Å². The van der Waals surface area contributed by atoms with Gasteiger partial charge in [0.05, 0.1) is 6.10 Å². The van der Waals surface area contributed by atoms with E-state index in [0.29, 0.717) is 17.7 Å². The van der Waals surface area contributed by atoms with Crippen LogP contribution in [0.1, 0.15) is 35.3 Å². The van der Waals surface area contributed by atoms with E-state index in [0.717, 1.165) is 15.6 Å². The number of fused-ring (bicyclic) bond motifs is 1. The second kappa shape index (κ2) is 5.19. The first kappa shape index (κ1) is 13.6. The van der Waals surface area contributed by atoms with Crippen LogP contribution in [-0.2, 0) is 0 Å². The van der Waals surface area contributed by atoms with Gasteiger partial charge in [0, 0.05) is 16.5 Å². The van der Waals surface area contributed by atoms with Crippen molar-refractivity contribution in [2.75, 3.05) is 0 Å². The predicted octanol–water partition coefficient (Wildman–Crippen LogP) is 4.45. The van der Waals surface area contributed by atoms with Crippen LogP contribution in [-0.4, -0.2) is 5.11 Å². The molecule has 4 heteroatoms. The number of aliphatic hydroxyl groups excluding tert-OH is 1. The average Bonchev–Trinajstić information content (AvgIpc) is 2.42. The second-order valence-electron chi connectivity index (χ2n) is 5.05. The van der Waals surface area contributed by atoms with E-state index in [1.165, 1.54) is 6.07 Å². The van der Waals surface area contributed by atoms with Gasteiger partial charge < -0.3 is 9.84 Å². The highest BCUT2D eigenvalue weighted by Gasteiger charge is 2.28. The van der Waals surface area contributed by atoms with Crippen molar-refractivity contribution in [3.05, 3.63) is 63.4 Å². The molecule has 2 nitrogen and oxygen atoms in total. The largest absolute Gasteiger partial charge is 0.485 e. The van der Waals surface area contributed by atoms with Crippen molar-refractivity contribution in [1.82, 2.24) is 0 Å². The molecule has 0 aliphatic carbocycles. The van der Waals surface area contributed by atoms with E-state index in [1.54, 1.807) is 13.0 Å². The minimum Gasteiger partial charge on any atom is -0.485 e. The number of benzene rings is 2. The summed E-state index contributed by atoms with van der Waals surface area (Å²) in [6, 6.07) is 10.6. The molecule has 1 aliphatic heterocycles. The average molecular weight is 337 g/mol. The Morgan fingerprint density at radius 1 is 1.25 bits per heavy atom. The topological polar surface area (TPSA) is 29.5 Å². The zero-order valence-corrected chi connectivity index (χ0v) is 12.5. The number of aryl methyl sites for hydroxylation is 1. The lowest BCUT2D eigenvalue weighted by atomic mass is 9.94. The molecule has 0 aromatic heterocycles. The molecule has 1 N–H and O–H groups in total. The Labute approximate surface area is 125 Å². The fourth-order valence-electron chi connectivity index (χ4n) is 2.43. The number of hydrogen-bond donors (Lipinski definition) is 1. The summed E-state index contributed by atoms with van der Waals surface area (Å²) in [7, 11) is 0. The standard InChI is InChI=1S/C16H14BrFO2/c1-9-2-3-10(6-13(9)18)16-8-14(19)12-7-11(17)4-5-15(12)20-16/h2-7,14,16,19H,8H2,1H3/t14-,16?/m0/s1. The summed E-state index contributed by atoms with van der Waals surface area (Å²) in [5.41, 5.74) is 2.12. The highest BCUT2D eigenvalue weighted by Crippen LogP contribution is 2.41. The molecule has 3 rings (SSSR count). The normalized spacial score (nSPS) is 21.2. The van der Waals surface area contributed by atoms with Crippen LogP contribution in [0.3, 0.4) is 0 Å². The third kappa shape index (κ3) is 2.45. The van der Waals surface area contributed by atoms with Crippen LogP contribution < -0.4 is 4.74 Å². The summed E-state index contributed by atoms with van der Waals surface area (Å²) in [6.45, 7) is 1.72. The Kier molecular flexibility index (Phi) is 3.52. The van der Waals surface area contributed by atoms with Gasteiger partial charge in [-0.15, -0.1) is 0 Å². The third-order valence-electron chi connectivity index (χ3n) is 3.61. The lowest BCUT2D eigenvalue weighted by Gasteiger charge is -2.30. The first-order valence-corrected chi connectivity index (χ1v) is 7.24. The maximum atomic E-state index is 13.7. The monoisotopic (exact) mass is 336 g/mol. The fourth-order valence-corrected chi connectivity index (χ4v) is 2.81. The van der Waals surface area contributed by atoms with E-state index in [2.05, 4.69) is 15.9 Å². The first-order valence-electron chi connectivity index (χ1n) is 6.45. The molecule has 1 aliphatic rings. The molecule has 0 spiro atoms. The van der Waals surface area contributed by atoms with E-state index in [4.69, 9.17) is 4.74 Å². The molecule has 2 aromatic carbocycles. The van der Waals surface area contributed by atoms with Gasteiger partial charge in [0.15, 0.2) is 0 Å². The highest BCUT2D eigenvalue weighted by molar-refractivity contribution is 9.10. The lowest BCUT2D eigenvalue weighted by molar-refractivity contribution is 0.0655. The second-order valence-corrected chi connectivity index (χ2v) is 5.96. The van der Waals surface area contributed by atoms with Crippen molar-refractivity contribution in [2.45, 2.75) is 25.6 Å². The number of ether oxygens (including phenoxy) is 1. The van der Waals surface area contributed by atoms with Gasteiger partial charge in [-0.2, -0.15) is 0 Å². The van der Waals surface area contributed by atoms with E-state index >= 15 is 0 Å². The predicted molar refractivity (Wildman–Crippen MR) is 78.2 cm³/mol. The van der Waals surface area contributed by atoms with Crippen molar-refractivity contribution in [3.8, 4) is 5.75 Å². The molecular weight excluding hydrogens is 323 g/mol. The molecule has 0 radical (unpaired) electrons. The van der Waals surface area contributed by atoms with Gasteiger partial charge >= 0.3 is 0 Å². The summed E-state index contributed by atoms with van der Waals surface area (Å²) >= 11 is 3.38. The molecule has 20 heavy (non-hydrogen) atoms. The van der Waals surface area contributed by atoms with Gasteiger partial charge in [0.2, 0.25) is 0 Å². The molecular formula is C16H14BrFO2. The molecule has 2 atom stereocenters. The van der Waals surface area contributed by atoms with Crippen molar-refractivity contribution in [2.24, 2.45) is 0 Å². The highest BCUT2D eigenvalue weighted by atomic mass is 79.9. The molecule has 2 aromatic rings. The number of aliphatic hydroxyl groups is 1. The van der Waals surface area contributed by atoms with E-state index in [-0.39, 0.29) is 11.9 Å². The smallest absolute Gasteiger partial charge is 0.127 e. The van der Waals surface area contributed by atoms with E-state index < -0.39 is 6.10 Å². The third-order valence-corrected chi connectivity index (χ3v) is 4.10. The Balaban J connectivity index is 1.94. The van der Waals surface area contributed by atoms with Crippen LogP contribution in [0.4, 0.5) is 4.39 Å². The van der Waals surface area contributed by atoms with Crippen LogP contribution >= 0.6 is 15.9 Å². The molecule has 0 bridgehead atoms. The molecule has 0 saturated heterocycles. The van der Waals surface area contributed by atoms with Crippen molar-refractivity contribution < 1.29 is 14.2 Å². The van der Waals surface area contributed by atoms with Crippen LogP contribution in [0, 0.1) is 12.7 Å². The summed E-state index contributed by atoms with van der Waals surface area (Å²) in [5, 5.41) is 10.2. The SMILES string of the molecule is Cc1ccc(C2C[C@H](O)c3cc(Br)ccc3O2)cc1F. The molecule has 1 unspecified atom stereocenters. The molecule has 1 heterocycles. The molecule has 0 saturated carbocycles. The summed E-state index contributed by atoms with van der Waals surface area (Å²) in [5.74, 6) is 0.403. The Morgan fingerprint density at radius 3 is 2.80 bits per heavy atom. The summed E-state index contributed by atoms with van der Waals surface area (Å²) in [6.07, 6.45) is -0.509. The van der Waals surface area contributed by atoms with Gasteiger partial charge in [0.25, 0.3) is 0 Å². The first-order chi connectivity index (χ1) is 9.54. The van der Waals surface area contributed by atoms with Crippen LogP contribution in [0.5, 0.6) is 5.75 Å². The summed E-state index contributed by atoms with van der Waals surface area (Å²) in [4.78, 5) is 0. The van der Waals surface area contributed by atoms with Gasteiger partial charge in [0.1, 0.15) is 17.7 Å². The number of rotatable bonds is 1.